The van der Waals surface area contributed by atoms with Gasteiger partial charge in [-0.1, -0.05) is 162 Å². The van der Waals surface area contributed by atoms with E-state index in [0.29, 0.717) is 11.6 Å². The van der Waals surface area contributed by atoms with Gasteiger partial charge in [-0.25, -0.2) is 9.98 Å². The maximum Gasteiger partial charge on any atom is 0.243 e. The van der Waals surface area contributed by atoms with E-state index >= 15 is 0 Å². The van der Waals surface area contributed by atoms with E-state index < -0.39 is 0 Å². The van der Waals surface area contributed by atoms with Crippen molar-refractivity contribution in [2.24, 2.45) is 16.8 Å². The van der Waals surface area contributed by atoms with E-state index in [4.69, 9.17) is 32.9 Å². The molecule has 0 aliphatic heterocycles. The summed E-state index contributed by atoms with van der Waals surface area (Å²) in [7, 11) is 0. The first-order valence-electron chi connectivity index (χ1n) is 21.6. The molecular weight excluding hydrogens is 731 g/mol. The van der Waals surface area contributed by atoms with Crippen molar-refractivity contribution >= 4 is 34.6 Å². The normalized spacial score (nSPS) is 13.8. The average Bonchev–Trinajstić information content (AvgIpc) is 3.91. The summed E-state index contributed by atoms with van der Waals surface area (Å²) < 4.78 is 6.10. The summed E-state index contributed by atoms with van der Waals surface area (Å²) in [5.41, 5.74) is 4.44. The Kier molecular flexibility index (Phi) is 39.0. The molecule has 2 unspecified atom stereocenters. The number of benzene rings is 1. The zero-order valence-corrected chi connectivity index (χ0v) is 40.0. The predicted octanol–water partition coefficient (Wildman–Crippen LogP) is 16.0. The molecule has 56 heavy (non-hydrogen) atoms. The Balaban J connectivity index is -0.000000750. The Morgan fingerprint density at radius 2 is 1.52 bits per heavy atom. The van der Waals surface area contributed by atoms with Gasteiger partial charge < -0.3 is 10.1 Å². The highest BCUT2D eigenvalue weighted by Crippen LogP contribution is 2.42. The summed E-state index contributed by atoms with van der Waals surface area (Å²) in [5, 5.41) is 4.96. The molecule has 1 saturated carbocycles. The predicted molar refractivity (Wildman–Crippen MR) is 253 cm³/mol. The van der Waals surface area contributed by atoms with Gasteiger partial charge in [0, 0.05) is 15.6 Å². The number of ether oxygens (including phenoxy) is 1. The third-order valence-electron chi connectivity index (χ3n) is 8.77. The summed E-state index contributed by atoms with van der Waals surface area (Å²) in [6, 6.07) is 6.07. The number of unbranched alkanes of at least 4 members (excludes halogenated alkanes) is 1. The fourth-order valence-electron chi connectivity index (χ4n) is 4.65. The molecule has 1 heterocycles. The van der Waals surface area contributed by atoms with Crippen LogP contribution in [-0.4, -0.2) is 34.4 Å². The molecule has 3 rings (SSSR count). The van der Waals surface area contributed by atoms with Crippen LogP contribution >= 0.6 is 23.2 Å². The molecule has 0 bridgehead atoms. The molecule has 1 fully saturated rings. The van der Waals surface area contributed by atoms with Gasteiger partial charge >= 0.3 is 0 Å². The average molecular weight is 816 g/mol. The van der Waals surface area contributed by atoms with Crippen LogP contribution < -0.4 is 10.1 Å². The number of hydrogen-bond acceptors (Lipinski definition) is 5. The Morgan fingerprint density at radius 1 is 0.911 bits per heavy atom. The molecule has 1 aliphatic carbocycles. The molecule has 0 spiro atoms. The second-order valence-corrected chi connectivity index (χ2v) is 16.0. The lowest BCUT2D eigenvalue weighted by Crippen LogP contribution is -2.17. The van der Waals surface area contributed by atoms with Crippen molar-refractivity contribution in [2.75, 3.05) is 13.1 Å². The Labute approximate surface area is 357 Å². The van der Waals surface area contributed by atoms with Crippen molar-refractivity contribution < 1.29 is 4.74 Å². The topological polar surface area (TPSA) is 59.4 Å². The standard InChI is InChI=1S/C20H24ClN3O.C9H21N.C8H13Cl.C7H16.C3H8.C2H2/c1-5-6-17(15-8-7-13(2)11-16(15)21)24-18-14(3)22-12-23-19(18)25-20(4)9-10-20;1-4-7-10-8-6-9(3)5-2;1-3-4-5-6-7-8(2)9;1-4-6-7(3)5-2;1-3-2;1-2/h7-8,11-12H,5-6,9-10H2,1-4H3;9-10H,4-8H2,1-3H3;5-7H,3-4H2,1-2H3;7H,4-6H2,1-3H3;3H2,1-2H3;1-2H/b;;6-5-,8-7+;;;. The first-order valence-corrected chi connectivity index (χ1v) is 22.4. The second kappa shape index (κ2) is 37.9. The molecule has 320 valence electrons. The Hall–Kier alpha value is -2.65. The van der Waals surface area contributed by atoms with E-state index in [1.165, 1.54) is 70.8 Å². The Bertz CT molecular complexity index is 1340. The van der Waals surface area contributed by atoms with Crippen LogP contribution in [0.5, 0.6) is 5.88 Å². The lowest BCUT2D eigenvalue weighted by Gasteiger charge is -2.15. The van der Waals surface area contributed by atoms with Crippen LogP contribution in [0.25, 0.3) is 0 Å². The molecule has 7 heteroatoms. The van der Waals surface area contributed by atoms with E-state index in [2.05, 4.69) is 116 Å². The summed E-state index contributed by atoms with van der Waals surface area (Å²) >= 11 is 12.0. The first kappa shape index (κ1) is 57.7. The van der Waals surface area contributed by atoms with Gasteiger partial charge in [-0.2, -0.15) is 4.98 Å². The quantitative estimate of drug-likeness (QED) is 0.0705. The van der Waals surface area contributed by atoms with Gasteiger partial charge in [-0.15, -0.1) is 12.8 Å². The van der Waals surface area contributed by atoms with Crippen LogP contribution in [-0.2, 0) is 0 Å². The molecule has 0 saturated heterocycles. The van der Waals surface area contributed by atoms with E-state index in [1.807, 2.05) is 45.1 Å². The lowest BCUT2D eigenvalue weighted by molar-refractivity contribution is 0.192. The van der Waals surface area contributed by atoms with Gasteiger partial charge in [-0.05, 0) is 109 Å². The van der Waals surface area contributed by atoms with Crippen molar-refractivity contribution in [3.8, 4) is 18.7 Å². The number of aliphatic imine (C=N–C) groups is 1. The second-order valence-electron chi connectivity index (χ2n) is 15.0. The number of halogens is 2. The molecule has 1 aromatic heterocycles. The van der Waals surface area contributed by atoms with E-state index in [-0.39, 0.29) is 5.60 Å². The van der Waals surface area contributed by atoms with Gasteiger partial charge in [0.2, 0.25) is 5.88 Å². The van der Waals surface area contributed by atoms with Crippen LogP contribution in [0.2, 0.25) is 5.02 Å². The van der Waals surface area contributed by atoms with E-state index in [1.54, 1.807) is 0 Å². The number of aromatic nitrogens is 2. The van der Waals surface area contributed by atoms with Crippen LogP contribution in [0, 0.1) is 38.5 Å². The maximum atomic E-state index is 6.48. The largest absolute Gasteiger partial charge is 0.470 e. The molecular formula is C49H84Cl2N4O. The summed E-state index contributed by atoms with van der Waals surface area (Å²) in [5.74, 6) is 2.40. The highest BCUT2D eigenvalue weighted by molar-refractivity contribution is 6.34. The molecule has 0 radical (unpaired) electrons. The molecule has 0 amide bonds. The van der Waals surface area contributed by atoms with Crippen molar-refractivity contribution in [2.45, 2.75) is 186 Å². The maximum absolute atomic E-state index is 6.48. The Morgan fingerprint density at radius 3 is 1.98 bits per heavy atom. The highest BCUT2D eigenvalue weighted by Gasteiger charge is 2.41. The third kappa shape index (κ3) is 31.4. The molecule has 2 atom stereocenters. The van der Waals surface area contributed by atoms with E-state index in [9.17, 15) is 0 Å². The number of nitrogens with zero attached hydrogens (tertiary/aromatic N) is 3. The van der Waals surface area contributed by atoms with Gasteiger partial charge in [0.1, 0.15) is 17.6 Å². The van der Waals surface area contributed by atoms with Gasteiger partial charge in [0.25, 0.3) is 0 Å². The fraction of sp³-hybridized carbons (Fsp3) is 0.653. The van der Waals surface area contributed by atoms with Crippen LogP contribution in [0.3, 0.4) is 0 Å². The number of terminal acetylenes is 1. The zero-order chi connectivity index (χ0) is 43.4. The van der Waals surface area contributed by atoms with E-state index in [0.717, 1.165) is 76.5 Å². The molecule has 1 aliphatic rings. The smallest absolute Gasteiger partial charge is 0.243 e. The minimum absolute atomic E-state index is 0.114. The monoisotopic (exact) mass is 815 g/mol. The molecule has 1 N–H and O–H groups in total. The summed E-state index contributed by atoms with van der Waals surface area (Å²) in [6.07, 6.45) is 31.0. The first-order chi connectivity index (χ1) is 26.7. The molecule has 1 aromatic carbocycles. The number of hydrogen-bond donors (Lipinski definition) is 1. The zero-order valence-electron chi connectivity index (χ0n) is 38.5. The van der Waals surface area contributed by atoms with Crippen LogP contribution in [0.15, 0.2) is 52.8 Å². The fourth-order valence-corrected chi connectivity index (χ4v) is 5.07. The number of rotatable bonds is 18. The summed E-state index contributed by atoms with van der Waals surface area (Å²) in [4.78, 5) is 13.5. The third-order valence-corrected chi connectivity index (χ3v) is 9.21. The minimum atomic E-state index is -0.114. The van der Waals surface area contributed by atoms with Crippen molar-refractivity contribution in [3.63, 3.8) is 0 Å². The number of nitrogens with one attached hydrogen (secondary N) is 1. The molecule has 2 aromatic rings. The van der Waals surface area contributed by atoms with Crippen molar-refractivity contribution in [1.29, 1.82) is 0 Å². The number of allylic oxidation sites excluding steroid dienone is 4. The summed E-state index contributed by atoms with van der Waals surface area (Å²) in [6.45, 7) is 32.4. The van der Waals surface area contributed by atoms with Gasteiger partial charge in [-0.3, -0.25) is 0 Å². The van der Waals surface area contributed by atoms with Gasteiger partial charge in [0.15, 0.2) is 0 Å². The lowest BCUT2D eigenvalue weighted by atomic mass is 10.0. The molecule has 5 nitrogen and oxygen atoms in total. The van der Waals surface area contributed by atoms with Crippen molar-refractivity contribution in [1.82, 2.24) is 15.3 Å². The number of aryl methyl sites for hydroxylation is 2. The SMILES string of the molecule is C#C.CCC.CCC/C=C\C=C(/C)Cl.CCCC(=Nc1c(C)ncnc1OC1(C)CC1)c1ccc(C)cc1Cl.CCCC(C)CC.CCCNCCC(C)CC. The highest BCUT2D eigenvalue weighted by atomic mass is 35.5. The van der Waals surface area contributed by atoms with Crippen molar-refractivity contribution in [3.05, 3.63) is 69.6 Å². The van der Waals surface area contributed by atoms with Gasteiger partial charge in [0.05, 0.1) is 11.4 Å². The van der Waals surface area contributed by atoms with Crippen LogP contribution in [0.4, 0.5) is 5.69 Å². The minimum Gasteiger partial charge on any atom is -0.470 e. The van der Waals surface area contributed by atoms with Crippen LogP contribution in [0.1, 0.15) is 183 Å².